The van der Waals surface area contributed by atoms with Crippen molar-refractivity contribution in [2.24, 2.45) is 17.8 Å². The quantitative estimate of drug-likeness (QED) is 0.443. The summed E-state index contributed by atoms with van der Waals surface area (Å²) in [5.74, 6) is -3.74. The molecule has 184 valence electrons. The van der Waals surface area contributed by atoms with E-state index in [0.717, 1.165) is 38.5 Å². The van der Waals surface area contributed by atoms with E-state index >= 15 is 0 Å². The first kappa shape index (κ1) is 24.4. The molecule has 4 rings (SSSR count). The number of carbonyl (C=O) groups excluding carboxylic acids is 3. The highest BCUT2D eigenvalue weighted by molar-refractivity contribution is 6.09. The summed E-state index contributed by atoms with van der Waals surface area (Å²) >= 11 is 0. The van der Waals surface area contributed by atoms with Crippen LogP contribution < -0.4 is 5.32 Å². The first-order valence-electron chi connectivity index (χ1n) is 12.4. The van der Waals surface area contributed by atoms with Crippen molar-refractivity contribution in [2.75, 3.05) is 13.7 Å². The zero-order valence-corrected chi connectivity index (χ0v) is 19.9. The molecule has 0 spiro atoms. The van der Waals surface area contributed by atoms with Gasteiger partial charge in [-0.05, 0) is 36.5 Å². The van der Waals surface area contributed by atoms with Crippen molar-refractivity contribution in [2.45, 2.75) is 69.9 Å². The monoisotopic (exact) mass is 470 g/mol. The second-order valence-electron chi connectivity index (χ2n) is 9.91. The zero-order chi connectivity index (χ0) is 24.5. The molecule has 2 heterocycles. The fraction of sp³-hybridized carbons (Fsp3) is 0.615. The van der Waals surface area contributed by atoms with Crippen LogP contribution in [0.15, 0.2) is 24.3 Å². The van der Waals surface area contributed by atoms with Gasteiger partial charge in [0, 0.05) is 12.6 Å². The third-order valence-corrected chi connectivity index (χ3v) is 7.89. The molecule has 3 fully saturated rings. The van der Waals surface area contributed by atoms with Gasteiger partial charge in [0.15, 0.2) is 0 Å². The number of hydrogen-bond donors (Lipinski definition) is 2. The Labute approximate surface area is 200 Å². The van der Waals surface area contributed by atoms with Gasteiger partial charge >= 0.3 is 11.9 Å². The normalized spacial score (nSPS) is 29.4. The molecule has 2 amide bonds. The third-order valence-electron chi connectivity index (χ3n) is 7.89. The number of fused-ring (bicyclic) bond motifs is 1. The molecule has 4 atom stereocenters. The molecule has 8 nitrogen and oxygen atoms in total. The number of nitrogens with one attached hydrogen (secondary N) is 1. The van der Waals surface area contributed by atoms with E-state index in [4.69, 9.17) is 4.74 Å². The van der Waals surface area contributed by atoms with Crippen molar-refractivity contribution >= 4 is 23.8 Å². The maximum absolute atomic E-state index is 13.6. The number of ether oxygens (including phenoxy) is 1. The van der Waals surface area contributed by atoms with Gasteiger partial charge in [-0.2, -0.15) is 0 Å². The SMILES string of the molecule is CCCCN1C(=O)C2C(c3ccc(C(=O)OC)cc3)NC(CC3CCCCC3)(C(=O)O)C2C1=O. The van der Waals surface area contributed by atoms with Crippen molar-refractivity contribution in [3.63, 3.8) is 0 Å². The molecule has 2 saturated heterocycles. The van der Waals surface area contributed by atoms with Crippen LogP contribution in [0.1, 0.15) is 80.3 Å². The number of carboxylic acid groups (broad SMARTS) is 1. The Balaban J connectivity index is 1.74. The highest BCUT2D eigenvalue weighted by Crippen LogP contribution is 2.52. The Bertz CT molecular complexity index is 955. The summed E-state index contributed by atoms with van der Waals surface area (Å²) in [5.41, 5.74) is -0.440. The topological polar surface area (TPSA) is 113 Å². The van der Waals surface area contributed by atoms with Crippen LogP contribution in [0, 0.1) is 17.8 Å². The summed E-state index contributed by atoms with van der Waals surface area (Å²) in [6.07, 6.45) is 6.99. The Morgan fingerprint density at radius 1 is 1.12 bits per heavy atom. The predicted octanol–water partition coefficient (Wildman–Crippen LogP) is 3.31. The van der Waals surface area contributed by atoms with Gasteiger partial charge in [-0.3, -0.25) is 24.6 Å². The molecular weight excluding hydrogens is 436 g/mol. The predicted molar refractivity (Wildman–Crippen MR) is 124 cm³/mol. The number of methoxy groups -OCH3 is 1. The van der Waals surface area contributed by atoms with Crippen LogP contribution in [0.25, 0.3) is 0 Å². The number of rotatable bonds is 8. The number of likely N-dealkylation sites (tertiary alicyclic amines) is 1. The lowest BCUT2D eigenvalue weighted by Crippen LogP contribution is -2.56. The zero-order valence-electron chi connectivity index (χ0n) is 19.9. The summed E-state index contributed by atoms with van der Waals surface area (Å²) in [5, 5.41) is 13.8. The van der Waals surface area contributed by atoms with Crippen LogP contribution in [0.3, 0.4) is 0 Å². The highest BCUT2D eigenvalue weighted by Gasteiger charge is 2.68. The number of benzene rings is 1. The van der Waals surface area contributed by atoms with Gasteiger partial charge in [-0.15, -0.1) is 0 Å². The smallest absolute Gasteiger partial charge is 0.337 e. The number of aliphatic carboxylic acids is 1. The largest absolute Gasteiger partial charge is 0.480 e. The van der Waals surface area contributed by atoms with E-state index < -0.39 is 35.4 Å². The van der Waals surface area contributed by atoms with Gasteiger partial charge in [0.05, 0.1) is 24.5 Å². The van der Waals surface area contributed by atoms with Crippen LogP contribution in [0.5, 0.6) is 0 Å². The van der Waals surface area contributed by atoms with E-state index in [9.17, 15) is 24.3 Å². The molecule has 8 heteroatoms. The minimum Gasteiger partial charge on any atom is -0.480 e. The molecule has 2 N–H and O–H groups in total. The number of esters is 1. The summed E-state index contributed by atoms with van der Waals surface area (Å²) in [4.78, 5) is 53.1. The average molecular weight is 471 g/mol. The third kappa shape index (κ3) is 4.13. The summed E-state index contributed by atoms with van der Waals surface area (Å²) in [6, 6.07) is 6.02. The Morgan fingerprint density at radius 2 is 1.79 bits per heavy atom. The number of amides is 2. The summed E-state index contributed by atoms with van der Waals surface area (Å²) in [7, 11) is 1.31. The van der Waals surface area contributed by atoms with Gasteiger partial charge < -0.3 is 9.84 Å². The number of unbranched alkanes of at least 4 members (excludes halogenated alkanes) is 1. The van der Waals surface area contributed by atoms with E-state index in [1.807, 2.05) is 6.92 Å². The van der Waals surface area contributed by atoms with E-state index in [1.54, 1.807) is 24.3 Å². The lowest BCUT2D eigenvalue weighted by Gasteiger charge is -2.35. The molecule has 1 saturated carbocycles. The van der Waals surface area contributed by atoms with Gasteiger partial charge in [0.25, 0.3) is 0 Å². The lowest BCUT2D eigenvalue weighted by atomic mass is 9.72. The number of carbonyl (C=O) groups is 4. The molecule has 0 bridgehead atoms. The molecule has 1 aromatic carbocycles. The van der Waals surface area contributed by atoms with Gasteiger partial charge in [0.2, 0.25) is 11.8 Å². The second-order valence-corrected chi connectivity index (χ2v) is 9.91. The van der Waals surface area contributed by atoms with Crippen molar-refractivity contribution in [3.05, 3.63) is 35.4 Å². The summed E-state index contributed by atoms with van der Waals surface area (Å²) in [6.45, 7) is 2.30. The van der Waals surface area contributed by atoms with Crippen LogP contribution in [-0.4, -0.2) is 53.0 Å². The fourth-order valence-electron chi connectivity index (χ4n) is 6.15. The van der Waals surface area contributed by atoms with E-state index in [2.05, 4.69) is 5.32 Å². The molecular formula is C26H34N2O6. The Morgan fingerprint density at radius 3 is 2.38 bits per heavy atom. The van der Waals surface area contributed by atoms with E-state index in [-0.39, 0.29) is 17.7 Å². The van der Waals surface area contributed by atoms with Crippen molar-refractivity contribution in [1.29, 1.82) is 0 Å². The molecule has 1 aromatic rings. The van der Waals surface area contributed by atoms with Crippen LogP contribution >= 0.6 is 0 Å². The molecule has 1 aliphatic carbocycles. The molecule has 2 aliphatic heterocycles. The van der Waals surface area contributed by atoms with Gasteiger partial charge in [0.1, 0.15) is 5.54 Å². The van der Waals surface area contributed by atoms with E-state index in [0.29, 0.717) is 30.5 Å². The van der Waals surface area contributed by atoms with Gasteiger partial charge in [-0.25, -0.2) is 4.79 Å². The lowest BCUT2D eigenvalue weighted by molar-refractivity contribution is -0.152. The molecule has 34 heavy (non-hydrogen) atoms. The standard InChI is InChI=1S/C26H34N2O6/c1-3-4-14-28-22(29)19-20(23(28)30)26(25(32)33,15-16-8-6-5-7-9-16)27-21(19)17-10-12-18(13-11-17)24(31)34-2/h10-13,16,19-21,27H,3-9,14-15H2,1-2H3,(H,32,33). The maximum Gasteiger partial charge on any atom is 0.337 e. The summed E-state index contributed by atoms with van der Waals surface area (Å²) < 4.78 is 4.77. The molecule has 4 unspecified atom stereocenters. The first-order chi connectivity index (χ1) is 16.3. The average Bonchev–Trinajstić information content (AvgIpc) is 3.32. The van der Waals surface area contributed by atoms with Crippen molar-refractivity contribution < 1.29 is 29.0 Å². The van der Waals surface area contributed by atoms with E-state index in [1.165, 1.54) is 12.0 Å². The first-order valence-corrected chi connectivity index (χ1v) is 12.4. The number of hydrogen-bond acceptors (Lipinski definition) is 6. The van der Waals surface area contributed by atoms with Crippen LogP contribution in [-0.2, 0) is 19.1 Å². The minimum absolute atomic E-state index is 0.200. The molecule has 3 aliphatic rings. The Hall–Kier alpha value is -2.74. The minimum atomic E-state index is -1.49. The molecule has 0 radical (unpaired) electrons. The van der Waals surface area contributed by atoms with Crippen molar-refractivity contribution in [3.8, 4) is 0 Å². The highest BCUT2D eigenvalue weighted by atomic mass is 16.5. The fourth-order valence-corrected chi connectivity index (χ4v) is 6.15. The van der Waals surface area contributed by atoms with Crippen LogP contribution in [0.2, 0.25) is 0 Å². The molecule has 0 aromatic heterocycles. The number of carboxylic acids is 1. The Kier molecular flexibility index (Phi) is 7.07. The second kappa shape index (κ2) is 9.86. The number of nitrogens with zero attached hydrogens (tertiary/aromatic N) is 1. The number of imide groups is 1. The maximum atomic E-state index is 13.6. The van der Waals surface area contributed by atoms with Gasteiger partial charge in [-0.1, -0.05) is 57.6 Å². The van der Waals surface area contributed by atoms with Crippen molar-refractivity contribution in [1.82, 2.24) is 10.2 Å². The van der Waals surface area contributed by atoms with Crippen LogP contribution in [0.4, 0.5) is 0 Å².